The average Bonchev–Trinajstić information content (AvgIpc) is 3.35. The second kappa shape index (κ2) is 7.23. The summed E-state index contributed by atoms with van der Waals surface area (Å²) in [7, 11) is 0. The van der Waals surface area contributed by atoms with Gasteiger partial charge < -0.3 is 16.4 Å². The van der Waals surface area contributed by atoms with Gasteiger partial charge in [-0.2, -0.15) is 0 Å². The molecule has 4 N–H and O–H groups in total. The van der Waals surface area contributed by atoms with Crippen molar-refractivity contribution in [2.75, 3.05) is 5.32 Å². The van der Waals surface area contributed by atoms with Crippen LogP contribution in [0.2, 0.25) is 0 Å². The molecule has 0 spiro atoms. The fourth-order valence-electron chi connectivity index (χ4n) is 3.84. The third-order valence-electron chi connectivity index (χ3n) is 5.29. The van der Waals surface area contributed by atoms with Gasteiger partial charge in [0.25, 0.3) is 5.91 Å². The van der Waals surface area contributed by atoms with Crippen LogP contribution >= 0.6 is 0 Å². The first-order valence-corrected chi connectivity index (χ1v) is 9.78. The van der Waals surface area contributed by atoms with Gasteiger partial charge in [-0.1, -0.05) is 30.3 Å². The number of nitrogens with one attached hydrogen (secondary N) is 2. The Bertz CT molecular complexity index is 1260. The minimum atomic E-state index is -0.513. The van der Waals surface area contributed by atoms with E-state index in [0.717, 1.165) is 35.0 Å². The highest BCUT2D eigenvalue weighted by Crippen LogP contribution is 2.29. The van der Waals surface area contributed by atoms with Crippen LogP contribution in [0.4, 0.5) is 5.82 Å². The highest BCUT2D eigenvalue weighted by atomic mass is 16.1. The van der Waals surface area contributed by atoms with Gasteiger partial charge in [0.2, 0.25) is 0 Å². The molecular weight excluding hydrogens is 378 g/mol. The molecule has 0 atom stereocenters. The van der Waals surface area contributed by atoms with Gasteiger partial charge in [-0.3, -0.25) is 9.20 Å². The number of amides is 1. The number of carbonyl (C=O) groups excluding carboxylic acids is 1. The van der Waals surface area contributed by atoms with Crippen molar-refractivity contribution in [2.24, 2.45) is 5.73 Å². The van der Waals surface area contributed by atoms with Gasteiger partial charge in [0, 0.05) is 31.4 Å². The molecule has 3 aromatic heterocycles. The first-order chi connectivity index (χ1) is 14.6. The number of hydrogen-bond acceptors (Lipinski definition) is 6. The summed E-state index contributed by atoms with van der Waals surface area (Å²) in [6, 6.07) is 13.7. The summed E-state index contributed by atoms with van der Waals surface area (Å²) < 4.78 is 1.83. The molecule has 0 radical (unpaired) electrons. The molecule has 0 unspecified atom stereocenters. The van der Waals surface area contributed by atoms with Crippen molar-refractivity contribution >= 4 is 17.4 Å². The number of anilines is 1. The molecule has 8 nitrogen and oxygen atoms in total. The molecule has 0 saturated carbocycles. The van der Waals surface area contributed by atoms with Crippen molar-refractivity contribution in [2.45, 2.75) is 26.6 Å². The molecule has 0 fully saturated rings. The molecule has 8 heteroatoms. The van der Waals surface area contributed by atoms with Gasteiger partial charge in [-0.15, -0.1) is 0 Å². The maximum atomic E-state index is 11.8. The fraction of sp³-hybridized carbons (Fsp3) is 0.182. The number of pyridine rings is 1. The standard InChI is InChI=1S/C22H21N7O/c1-13-18(29-9-5-8-15(19(23)30)22(29)26-13)21-27-17-12-24-11-16(17)20(28-21)25-10-14-6-3-2-4-7-14/h2-9,24H,10-12H2,1H3,(H2,23,30)(H,25,27,28). The Morgan fingerprint density at radius 2 is 1.97 bits per heavy atom. The van der Waals surface area contributed by atoms with E-state index in [1.165, 1.54) is 5.56 Å². The zero-order chi connectivity index (χ0) is 20.7. The van der Waals surface area contributed by atoms with Crippen LogP contribution in [-0.4, -0.2) is 25.3 Å². The van der Waals surface area contributed by atoms with Crippen LogP contribution in [0.15, 0.2) is 48.7 Å². The summed E-state index contributed by atoms with van der Waals surface area (Å²) in [6.07, 6.45) is 1.85. The van der Waals surface area contributed by atoms with Crippen molar-refractivity contribution < 1.29 is 4.79 Å². The SMILES string of the molecule is Cc1nc2c(C(N)=O)cccn2c1-c1nc2c(c(NCc3ccccc3)n1)CNC2. The van der Waals surface area contributed by atoms with E-state index in [0.29, 0.717) is 30.1 Å². The Hall–Kier alpha value is -3.78. The molecule has 30 heavy (non-hydrogen) atoms. The van der Waals surface area contributed by atoms with Gasteiger partial charge in [-0.25, -0.2) is 15.0 Å². The van der Waals surface area contributed by atoms with Crippen LogP contribution in [0, 0.1) is 6.92 Å². The molecule has 4 heterocycles. The van der Waals surface area contributed by atoms with Crippen molar-refractivity contribution in [3.63, 3.8) is 0 Å². The van der Waals surface area contributed by atoms with Crippen molar-refractivity contribution in [1.29, 1.82) is 0 Å². The third-order valence-corrected chi connectivity index (χ3v) is 5.29. The van der Waals surface area contributed by atoms with Crippen LogP contribution in [0.3, 0.4) is 0 Å². The van der Waals surface area contributed by atoms with Crippen molar-refractivity contribution in [1.82, 2.24) is 24.7 Å². The third kappa shape index (κ3) is 3.07. The summed E-state index contributed by atoms with van der Waals surface area (Å²) >= 11 is 0. The number of benzene rings is 1. The van der Waals surface area contributed by atoms with E-state index in [9.17, 15) is 4.79 Å². The molecule has 1 aromatic carbocycles. The number of nitrogens with zero attached hydrogens (tertiary/aromatic N) is 4. The molecule has 1 amide bonds. The zero-order valence-corrected chi connectivity index (χ0v) is 16.5. The minimum absolute atomic E-state index is 0.372. The van der Waals surface area contributed by atoms with Crippen molar-refractivity contribution in [3.05, 3.63) is 76.7 Å². The lowest BCUT2D eigenvalue weighted by Gasteiger charge is -2.12. The number of hydrogen-bond donors (Lipinski definition) is 3. The second-order valence-electron chi connectivity index (χ2n) is 7.29. The lowest BCUT2D eigenvalue weighted by Crippen LogP contribution is -2.12. The monoisotopic (exact) mass is 399 g/mol. The van der Waals surface area contributed by atoms with Crippen LogP contribution in [0.25, 0.3) is 17.2 Å². The van der Waals surface area contributed by atoms with Crippen LogP contribution in [-0.2, 0) is 19.6 Å². The molecule has 5 rings (SSSR count). The maximum Gasteiger partial charge on any atom is 0.252 e. The lowest BCUT2D eigenvalue weighted by atomic mass is 10.2. The average molecular weight is 399 g/mol. The number of fused-ring (bicyclic) bond motifs is 2. The fourth-order valence-corrected chi connectivity index (χ4v) is 3.84. The van der Waals surface area contributed by atoms with E-state index < -0.39 is 5.91 Å². The van der Waals surface area contributed by atoms with E-state index >= 15 is 0 Å². The number of nitrogens with two attached hydrogens (primary N) is 1. The second-order valence-corrected chi connectivity index (χ2v) is 7.29. The first kappa shape index (κ1) is 18.3. The summed E-state index contributed by atoms with van der Waals surface area (Å²) in [6.45, 7) is 3.97. The number of aryl methyl sites for hydroxylation is 1. The summed E-state index contributed by atoms with van der Waals surface area (Å²) in [5.41, 5.74) is 11.1. The van der Waals surface area contributed by atoms with E-state index in [1.54, 1.807) is 12.1 Å². The highest BCUT2D eigenvalue weighted by Gasteiger charge is 2.23. The van der Waals surface area contributed by atoms with Crippen molar-refractivity contribution in [3.8, 4) is 11.5 Å². The molecule has 150 valence electrons. The topological polar surface area (TPSA) is 110 Å². The smallest absolute Gasteiger partial charge is 0.252 e. The summed E-state index contributed by atoms with van der Waals surface area (Å²) in [5.74, 6) is 0.866. The Kier molecular flexibility index (Phi) is 4.40. The number of rotatable bonds is 5. The molecule has 0 bridgehead atoms. The lowest BCUT2D eigenvalue weighted by molar-refractivity contribution is 0.100. The van der Waals surface area contributed by atoms with Crippen LogP contribution < -0.4 is 16.4 Å². The van der Waals surface area contributed by atoms with Gasteiger partial charge in [0.15, 0.2) is 5.82 Å². The molecule has 0 aliphatic carbocycles. The molecule has 1 aliphatic heterocycles. The highest BCUT2D eigenvalue weighted by molar-refractivity contribution is 5.99. The number of primary amides is 1. The number of aromatic nitrogens is 4. The molecule has 4 aromatic rings. The normalized spacial score (nSPS) is 12.8. The Labute approximate surface area is 173 Å². The van der Waals surface area contributed by atoms with Crippen LogP contribution in [0.5, 0.6) is 0 Å². The van der Waals surface area contributed by atoms with Gasteiger partial charge >= 0.3 is 0 Å². The zero-order valence-electron chi connectivity index (χ0n) is 16.5. The maximum absolute atomic E-state index is 11.8. The predicted octanol–water partition coefficient (Wildman–Crippen LogP) is 2.41. The number of imidazole rings is 1. The van der Waals surface area contributed by atoms with E-state index in [4.69, 9.17) is 15.7 Å². The quantitative estimate of drug-likeness (QED) is 0.475. The summed E-state index contributed by atoms with van der Waals surface area (Å²) in [5, 5.41) is 6.81. The molecule has 1 aliphatic rings. The van der Waals surface area contributed by atoms with Crippen LogP contribution in [0.1, 0.15) is 32.9 Å². The van der Waals surface area contributed by atoms with E-state index in [-0.39, 0.29) is 0 Å². The van der Waals surface area contributed by atoms with Gasteiger partial charge in [-0.05, 0) is 24.6 Å². The Balaban J connectivity index is 1.61. The van der Waals surface area contributed by atoms with Gasteiger partial charge in [0.1, 0.15) is 17.2 Å². The minimum Gasteiger partial charge on any atom is -0.366 e. The predicted molar refractivity (Wildman–Crippen MR) is 114 cm³/mol. The summed E-state index contributed by atoms with van der Waals surface area (Å²) in [4.78, 5) is 26.0. The van der Waals surface area contributed by atoms with E-state index in [2.05, 4.69) is 27.8 Å². The number of carbonyl (C=O) groups is 1. The van der Waals surface area contributed by atoms with Gasteiger partial charge in [0.05, 0.1) is 17.0 Å². The Morgan fingerprint density at radius 3 is 2.77 bits per heavy atom. The Morgan fingerprint density at radius 1 is 1.13 bits per heavy atom. The molecule has 0 saturated heterocycles. The molecular formula is C22H21N7O. The largest absolute Gasteiger partial charge is 0.366 e. The van der Waals surface area contributed by atoms with E-state index in [1.807, 2.05) is 35.7 Å². The first-order valence-electron chi connectivity index (χ1n) is 9.78.